The largest absolute Gasteiger partial charge is 0.347 e. The molecule has 0 fully saturated rings. The number of carbonyl (C=O) groups is 1. The summed E-state index contributed by atoms with van der Waals surface area (Å²) in [6.45, 7) is 8.15. The summed E-state index contributed by atoms with van der Waals surface area (Å²) < 4.78 is 45.8. The Labute approximate surface area is 136 Å². The molecular formula is C12H26O7P2S. The van der Waals surface area contributed by atoms with Gasteiger partial charge >= 0.3 is 15.2 Å². The van der Waals surface area contributed by atoms with E-state index in [2.05, 4.69) is 0 Å². The van der Waals surface area contributed by atoms with E-state index in [4.69, 9.17) is 18.1 Å². The van der Waals surface area contributed by atoms with Gasteiger partial charge in [0, 0.05) is 25.9 Å². The summed E-state index contributed by atoms with van der Waals surface area (Å²) in [6.07, 6.45) is 0. The van der Waals surface area contributed by atoms with Crippen molar-refractivity contribution in [3.05, 3.63) is 0 Å². The molecule has 7 nitrogen and oxygen atoms in total. The second-order valence-corrected chi connectivity index (χ2v) is 11.5. The molecule has 0 amide bonds. The minimum absolute atomic E-state index is 0.0992. The lowest BCUT2D eigenvalue weighted by atomic mass is 10.2. The third-order valence-electron chi connectivity index (χ3n) is 2.75. The van der Waals surface area contributed by atoms with Gasteiger partial charge < -0.3 is 18.1 Å². The molecule has 0 spiro atoms. The molecule has 0 aliphatic heterocycles. The molecule has 0 aromatic heterocycles. The first kappa shape index (κ1) is 22.3. The van der Waals surface area contributed by atoms with Crippen LogP contribution in [-0.2, 0) is 32.0 Å². The highest BCUT2D eigenvalue weighted by Gasteiger charge is 2.58. The van der Waals surface area contributed by atoms with E-state index in [-0.39, 0.29) is 18.3 Å². The standard InChI is InChI=1S/C12H26O7P2S/c1-8-18-21(15,19-9-2)11(20(14,16-6)17-7)12(4,5)22-10(3)13/h11H,8-9H2,1-7H3. The fraction of sp³-hybridized carbons (Fsp3) is 0.917. The number of hydrogen-bond acceptors (Lipinski definition) is 8. The first-order chi connectivity index (χ1) is 10.0. The third-order valence-corrected chi connectivity index (χ3v) is 10.6. The molecule has 0 radical (unpaired) electrons. The van der Waals surface area contributed by atoms with Crippen molar-refractivity contribution >= 4 is 32.1 Å². The molecule has 1 atom stereocenters. The molecule has 0 bridgehead atoms. The normalized spacial score (nSPS) is 14.9. The quantitative estimate of drug-likeness (QED) is 0.526. The molecule has 0 aromatic carbocycles. The van der Waals surface area contributed by atoms with Crippen LogP contribution in [0.5, 0.6) is 0 Å². The van der Waals surface area contributed by atoms with Gasteiger partial charge in [-0.15, -0.1) is 0 Å². The minimum atomic E-state index is -3.85. The number of thioether (sulfide) groups is 1. The van der Waals surface area contributed by atoms with Crippen LogP contribution in [0.15, 0.2) is 0 Å². The summed E-state index contributed by atoms with van der Waals surface area (Å²) in [5.41, 5.74) is 0. The highest BCUT2D eigenvalue weighted by atomic mass is 32.2. The van der Waals surface area contributed by atoms with Gasteiger partial charge in [-0.25, -0.2) is 0 Å². The first-order valence-corrected chi connectivity index (χ1v) is 10.9. The summed E-state index contributed by atoms with van der Waals surface area (Å²) in [7, 11) is -5.28. The average Bonchev–Trinajstić information content (AvgIpc) is 2.36. The molecule has 22 heavy (non-hydrogen) atoms. The van der Waals surface area contributed by atoms with Crippen LogP contribution in [0, 0.1) is 0 Å². The Kier molecular flexibility index (Phi) is 9.10. The summed E-state index contributed by atoms with van der Waals surface area (Å²) in [4.78, 5) is 11.5. The molecule has 1 unspecified atom stereocenters. The van der Waals surface area contributed by atoms with Crippen LogP contribution in [0.1, 0.15) is 34.6 Å². The lowest BCUT2D eigenvalue weighted by molar-refractivity contribution is -0.109. The van der Waals surface area contributed by atoms with Crippen LogP contribution in [-0.4, -0.2) is 42.7 Å². The maximum absolute atomic E-state index is 13.2. The smallest absolute Gasteiger partial charge is 0.311 e. The lowest BCUT2D eigenvalue weighted by Gasteiger charge is -2.39. The van der Waals surface area contributed by atoms with E-state index in [0.717, 1.165) is 11.8 Å². The highest BCUT2D eigenvalue weighted by Crippen LogP contribution is 2.74. The van der Waals surface area contributed by atoms with Gasteiger partial charge in [0.1, 0.15) is 0 Å². The Bertz CT molecular complexity index is 448. The fourth-order valence-corrected chi connectivity index (χ4v) is 9.61. The van der Waals surface area contributed by atoms with Crippen molar-refractivity contribution in [2.24, 2.45) is 0 Å². The maximum Gasteiger partial charge on any atom is 0.347 e. The van der Waals surface area contributed by atoms with Crippen LogP contribution in [0.25, 0.3) is 0 Å². The lowest BCUT2D eigenvalue weighted by Crippen LogP contribution is -2.36. The summed E-state index contributed by atoms with van der Waals surface area (Å²) in [5.74, 6) is 0. The van der Waals surface area contributed by atoms with Crippen molar-refractivity contribution in [3.8, 4) is 0 Å². The van der Waals surface area contributed by atoms with Crippen LogP contribution >= 0.6 is 27.0 Å². The van der Waals surface area contributed by atoms with E-state index in [1.807, 2.05) is 0 Å². The van der Waals surface area contributed by atoms with Crippen molar-refractivity contribution in [3.63, 3.8) is 0 Å². The van der Waals surface area contributed by atoms with Crippen molar-refractivity contribution < 1.29 is 32.0 Å². The van der Waals surface area contributed by atoms with Crippen LogP contribution < -0.4 is 0 Å². The highest BCUT2D eigenvalue weighted by molar-refractivity contribution is 8.15. The molecule has 0 aromatic rings. The van der Waals surface area contributed by atoms with Gasteiger partial charge in [0.15, 0.2) is 10.5 Å². The topological polar surface area (TPSA) is 88.1 Å². The van der Waals surface area contributed by atoms with E-state index in [1.165, 1.54) is 21.1 Å². The maximum atomic E-state index is 13.2. The van der Waals surface area contributed by atoms with Gasteiger partial charge in [-0.1, -0.05) is 11.8 Å². The number of carbonyl (C=O) groups excluding carboxylic acids is 1. The summed E-state index contributed by atoms with van der Waals surface area (Å²) in [5, 5.41) is -1.45. The van der Waals surface area contributed by atoms with Gasteiger partial charge in [-0.2, -0.15) is 0 Å². The molecule has 10 heteroatoms. The SMILES string of the molecule is CCOP(=O)(OCC)C(C(C)(C)SC(C)=O)P(=O)(OC)OC. The van der Waals surface area contributed by atoms with Crippen molar-refractivity contribution in [1.29, 1.82) is 0 Å². The van der Waals surface area contributed by atoms with Crippen LogP contribution in [0.4, 0.5) is 0 Å². The van der Waals surface area contributed by atoms with Crippen molar-refractivity contribution in [2.45, 2.75) is 44.8 Å². The number of rotatable bonds is 10. The van der Waals surface area contributed by atoms with E-state index in [1.54, 1.807) is 27.7 Å². The Morgan fingerprint density at radius 3 is 1.73 bits per heavy atom. The first-order valence-electron chi connectivity index (χ1n) is 6.82. The minimum Gasteiger partial charge on any atom is -0.311 e. The Hall–Kier alpha value is 0.320. The Morgan fingerprint density at radius 1 is 1.05 bits per heavy atom. The van der Waals surface area contributed by atoms with Gasteiger partial charge in [-0.05, 0) is 27.7 Å². The zero-order valence-corrected chi connectivity index (χ0v) is 16.8. The molecule has 0 saturated heterocycles. The molecule has 0 heterocycles. The zero-order valence-electron chi connectivity index (χ0n) is 14.2. The van der Waals surface area contributed by atoms with Crippen LogP contribution in [0.3, 0.4) is 0 Å². The van der Waals surface area contributed by atoms with E-state index < -0.39 is 25.3 Å². The summed E-state index contributed by atoms with van der Waals surface area (Å²) in [6, 6.07) is 0. The average molecular weight is 376 g/mol. The Morgan fingerprint density at radius 2 is 1.45 bits per heavy atom. The van der Waals surface area contributed by atoms with Crippen LogP contribution in [0.2, 0.25) is 0 Å². The molecular weight excluding hydrogens is 350 g/mol. The molecule has 0 aliphatic carbocycles. The molecule has 0 saturated carbocycles. The second kappa shape index (κ2) is 8.97. The number of hydrogen-bond donors (Lipinski definition) is 0. The predicted octanol–water partition coefficient (Wildman–Crippen LogP) is 4.12. The Balaban J connectivity index is 6.15. The van der Waals surface area contributed by atoms with E-state index in [0.29, 0.717) is 0 Å². The molecule has 132 valence electrons. The predicted molar refractivity (Wildman–Crippen MR) is 88.6 cm³/mol. The van der Waals surface area contributed by atoms with Crippen molar-refractivity contribution in [2.75, 3.05) is 27.4 Å². The fourth-order valence-electron chi connectivity index (χ4n) is 2.17. The van der Waals surface area contributed by atoms with Gasteiger partial charge in [0.25, 0.3) is 0 Å². The molecule has 0 rings (SSSR count). The van der Waals surface area contributed by atoms with E-state index >= 15 is 0 Å². The molecule has 0 aliphatic rings. The van der Waals surface area contributed by atoms with Gasteiger partial charge in [-0.3, -0.25) is 13.9 Å². The summed E-state index contributed by atoms with van der Waals surface area (Å²) >= 11 is 0.898. The third kappa shape index (κ3) is 5.45. The second-order valence-electron chi connectivity index (χ2n) is 4.85. The van der Waals surface area contributed by atoms with Gasteiger partial charge in [0.05, 0.1) is 13.2 Å². The van der Waals surface area contributed by atoms with Gasteiger partial charge in [0.2, 0.25) is 0 Å². The monoisotopic (exact) mass is 376 g/mol. The zero-order chi connectivity index (χ0) is 17.6. The van der Waals surface area contributed by atoms with E-state index in [9.17, 15) is 13.9 Å². The molecule has 0 N–H and O–H groups in total. The van der Waals surface area contributed by atoms with Crippen molar-refractivity contribution in [1.82, 2.24) is 0 Å².